The zero-order chi connectivity index (χ0) is 27.8. The monoisotopic (exact) mass is 516 g/mol. The zero-order valence-electron chi connectivity index (χ0n) is 22.8. The smallest absolute Gasteiger partial charge is 0.243 e. The van der Waals surface area contributed by atoms with Crippen LogP contribution in [0.5, 0.6) is 5.75 Å². The van der Waals surface area contributed by atoms with Crippen LogP contribution in [0.15, 0.2) is 49.1 Å². The molecule has 9 nitrogen and oxygen atoms in total. The van der Waals surface area contributed by atoms with Crippen LogP contribution >= 0.6 is 0 Å². The molecular formula is C29H36N6O3. The Bertz CT molecular complexity index is 1460. The van der Waals surface area contributed by atoms with E-state index in [9.17, 15) is 9.59 Å². The molecular weight excluding hydrogens is 480 g/mol. The van der Waals surface area contributed by atoms with Crippen molar-refractivity contribution < 1.29 is 15.8 Å². The summed E-state index contributed by atoms with van der Waals surface area (Å²) in [6.45, 7) is 5.66. The molecule has 0 spiro atoms. The number of benzene rings is 1. The molecule has 0 saturated heterocycles. The molecule has 0 N–H and O–H groups in total. The molecule has 0 atom stereocenters. The third kappa shape index (κ3) is 6.45. The minimum atomic E-state index is -0.0358. The molecule has 200 valence electrons. The first-order chi connectivity index (χ1) is 18.3. The van der Waals surface area contributed by atoms with E-state index in [2.05, 4.69) is 33.2 Å². The summed E-state index contributed by atoms with van der Waals surface area (Å²) in [4.78, 5) is 28.5. The van der Waals surface area contributed by atoms with E-state index in [1.807, 2.05) is 19.9 Å². The minimum Gasteiger partial charge on any atom is -0.496 e. The van der Waals surface area contributed by atoms with E-state index in [0.29, 0.717) is 28.4 Å². The molecule has 0 aliphatic heterocycles. The number of likely N-dealkylation sites (N-methyl/N-ethyl adjacent to an activating group) is 1. The molecule has 4 aromatic rings. The fourth-order valence-electron chi connectivity index (χ4n) is 3.74. The Kier molecular flexibility index (Phi) is 9.39. The van der Waals surface area contributed by atoms with Crippen molar-refractivity contribution in [1.82, 2.24) is 29.3 Å². The first-order valence-corrected chi connectivity index (χ1v) is 12.5. The lowest BCUT2D eigenvalue weighted by Gasteiger charge is -2.10. The van der Waals surface area contributed by atoms with E-state index in [0.717, 1.165) is 11.3 Å². The number of hydrogen-bond acceptors (Lipinski definition) is 6. The van der Waals surface area contributed by atoms with E-state index in [1.165, 1.54) is 36.4 Å². The van der Waals surface area contributed by atoms with Gasteiger partial charge in [0, 0.05) is 39.7 Å². The molecule has 3 heterocycles. The van der Waals surface area contributed by atoms with Crippen LogP contribution in [0.25, 0.3) is 16.9 Å². The molecule has 0 unspecified atom stereocenters. The number of methoxy groups -OCH3 is 1. The Hall–Kier alpha value is -4.45. The molecule has 1 fully saturated rings. The number of hydrogen-bond donors (Lipinski definition) is 0. The Morgan fingerprint density at radius 2 is 2.00 bits per heavy atom. The van der Waals surface area contributed by atoms with Gasteiger partial charge >= 0.3 is 0 Å². The molecule has 9 heteroatoms. The van der Waals surface area contributed by atoms with Gasteiger partial charge in [0.25, 0.3) is 0 Å². The van der Waals surface area contributed by atoms with Gasteiger partial charge in [0.1, 0.15) is 18.0 Å². The zero-order valence-corrected chi connectivity index (χ0v) is 22.8. The van der Waals surface area contributed by atoms with Crippen LogP contribution in [0.4, 0.5) is 0 Å². The van der Waals surface area contributed by atoms with Gasteiger partial charge in [0.15, 0.2) is 11.4 Å². The highest BCUT2D eigenvalue weighted by Gasteiger charge is 2.25. The normalized spacial score (nSPS) is 11.9. The summed E-state index contributed by atoms with van der Waals surface area (Å²) in [5, 5.41) is 8.52. The Morgan fingerprint density at radius 1 is 1.26 bits per heavy atom. The number of terminal acetylenes is 1. The van der Waals surface area contributed by atoms with Crippen molar-refractivity contribution in [2.75, 3.05) is 21.2 Å². The number of amides is 1. The maximum atomic E-state index is 11.9. The standard InChI is InChI=1S/C19H21N3O2.C8H7N3O.C2H6.H2/c1-5-13-11-22(12-18(23)21(2)3)20-19(13)16-10-15(14-6-7-14)8-9-17(16)24-4;1-6(12)7-5-10-11-4-2-3-9-8(7)11;1-2;/h1,8-11,14H,6-7,12H2,2-4H3;2-5H,1H3;1-2H3;1H. The van der Waals surface area contributed by atoms with Crippen molar-refractivity contribution in [1.29, 1.82) is 0 Å². The van der Waals surface area contributed by atoms with E-state index in [-0.39, 0.29) is 19.7 Å². The molecule has 5 rings (SSSR count). The highest BCUT2D eigenvalue weighted by Crippen LogP contribution is 2.43. The second-order valence-corrected chi connectivity index (χ2v) is 8.76. The summed E-state index contributed by atoms with van der Waals surface area (Å²) >= 11 is 0. The summed E-state index contributed by atoms with van der Waals surface area (Å²) in [6, 6.07) is 7.94. The fraction of sp³-hybridized carbons (Fsp3) is 0.345. The number of carbonyl (C=O) groups is 2. The third-order valence-corrected chi connectivity index (χ3v) is 5.90. The lowest BCUT2D eigenvalue weighted by molar-refractivity contribution is -0.129. The van der Waals surface area contributed by atoms with Gasteiger partial charge in [-0.2, -0.15) is 10.2 Å². The summed E-state index contributed by atoms with van der Waals surface area (Å²) < 4.78 is 8.66. The molecule has 0 bridgehead atoms. The van der Waals surface area contributed by atoms with Crippen molar-refractivity contribution in [2.45, 2.75) is 46.1 Å². The maximum Gasteiger partial charge on any atom is 0.243 e. The van der Waals surface area contributed by atoms with E-state index < -0.39 is 0 Å². The molecule has 1 aliphatic carbocycles. The number of aromatic nitrogens is 5. The van der Waals surface area contributed by atoms with Crippen LogP contribution in [-0.2, 0) is 11.3 Å². The molecule has 0 radical (unpaired) electrons. The Balaban J connectivity index is 0.000000299. The van der Waals surface area contributed by atoms with Gasteiger partial charge in [-0.15, -0.1) is 6.42 Å². The summed E-state index contributed by atoms with van der Waals surface area (Å²) in [5.41, 5.74) is 4.69. The van der Waals surface area contributed by atoms with Gasteiger partial charge in [0.2, 0.25) is 5.91 Å². The van der Waals surface area contributed by atoms with Crippen LogP contribution in [0.1, 0.15) is 62.4 Å². The Labute approximate surface area is 224 Å². The first kappa shape index (κ1) is 28.1. The number of ether oxygens (including phenoxy) is 1. The topological polar surface area (TPSA) is 94.6 Å². The number of fused-ring (bicyclic) bond motifs is 1. The number of ketones is 1. The van der Waals surface area contributed by atoms with Crippen LogP contribution in [-0.4, -0.2) is 62.2 Å². The molecule has 1 amide bonds. The van der Waals surface area contributed by atoms with E-state index in [4.69, 9.17) is 11.2 Å². The average Bonchev–Trinajstić information content (AvgIpc) is 3.56. The predicted molar refractivity (Wildman–Crippen MR) is 149 cm³/mol. The lowest BCUT2D eigenvalue weighted by atomic mass is 10.0. The maximum absolute atomic E-state index is 11.9. The van der Waals surface area contributed by atoms with Gasteiger partial charge in [-0.05, 0) is 49.4 Å². The largest absolute Gasteiger partial charge is 0.496 e. The molecule has 1 aliphatic rings. The van der Waals surface area contributed by atoms with Gasteiger partial charge in [-0.25, -0.2) is 9.50 Å². The number of carbonyl (C=O) groups excluding carboxylic acids is 2. The second kappa shape index (κ2) is 12.7. The first-order valence-electron chi connectivity index (χ1n) is 12.5. The molecule has 1 saturated carbocycles. The van der Waals surface area contributed by atoms with Gasteiger partial charge in [-0.1, -0.05) is 25.8 Å². The third-order valence-electron chi connectivity index (χ3n) is 5.90. The van der Waals surface area contributed by atoms with Crippen molar-refractivity contribution in [3.63, 3.8) is 0 Å². The predicted octanol–water partition coefficient (Wildman–Crippen LogP) is 4.71. The van der Waals surface area contributed by atoms with Crippen molar-refractivity contribution >= 4 is 17.3 Å². The lowest BCUT2D eigenvalue weighted by Crippen LogP contribution is -2.26. The van der Waals surface area contributed by atoms with Crippen LogP contribution in [0, 0.1) is 12.3 Å². The number of Topliss-reactive ketones (excluding diaryl/α,β-unsaturated/α-hetero) is 1. The van der Waals surface area contributed by atoms with Gasteiger partial charge < -0.3 is 9.64 Å². The van der Waals surface area contributed by atoms with Crippen LogP contribution in [0.3, 0.4) is 0 Å². The summed E-state index contributed by atoms with van der Waals surface area (Å²) in [6.07, 6.45) is 14.8. The SMILES string of the molecule is C#Cc1cn(CC(=O)N(C)C)nc1-c1cc(C2CC2)ccc1OC.CC.CC(=O)c1cnn2cccnc12.[HH]. The van der Waals surface area contributed by atoms with Crippen LogP contribution < -0.4 is 4.74 Å². The van der Waals surface area contributed by atoms with Crippen LogP contribution in [0.2, 0.25) is 0 Å². The second-order valence-electron chi connectivity index (χ2n) is 8.76. The summed E-state index contributed by atoms with van der Waals surface area (Å²) in [5.74, 6) is 3.98. The molecule has 1 aromatic carbocycles. The highest BCUT2D eigenvalue weighted by atomic mass is 16.5. The van der Waals surface area contributed by atoms with Gasteiger partial charge in [0.05, 0.1) is 24.4 Å². The van der Waals surface area contributed by atoms with Crippen molar-refractivity contribution in [3.8, 4) is 29.4 Å². The molecule has 3 aromatic heterocycles. The average molecular weight is 517 g/mol. The van der Waals surface area contributed by atoms with E-state index >= 15 is 0 Å². The van der Waals surface area contributed by atoms with Gasteiger partial charge in [-0.3, -0.25) is 14.3 Å². The van der Waals surface area contributed by atoms with Crippen molar-refractivity contribution in [2.24, 2.45) is 0 Å². The Morgan fingerprint density at radius 3 is 2.61 bits per heavy atom. The minimum absolute atomic E-state index is 0. The van der Waals surface area contributed by atoms with Crippen molar-refractivity contribution in [3.05, 3.63) is 65.7 Å². The number of nitrogens with zero attached hydrogens (tertiary/aromatic N) is 6. The highest BCUT2D eigenvalue weighted by molar-refractivity contribution is 5.99. The molecule has 38 heavy (non-hydrogen) atoms. The van der Waals surface area contributed by atoms with E-state index in [1.54, 1.807) is 55.1 Å². The quantitative estimate of drug-likeness (QED) is 0.272. The number of rotatable bonds is 6. The fourth-order valence-corrected chi connectivity index (χ4v) is 3.74. The summed E-state index contributed by atoms with van der Waals surface area (Å²) in [7, 11) is 5.08.